The summed E-state index contributed by atoms with van der Waals surface area (Å²) in [6.07, 6.45) is 13.1. The second-order valence-electron chi connectivity index (χ2n) is 10.1. The first kappa shape index (κ1) is 15.8. The van der Waals surface area contributed by atoms with Crippen LogP contribution in [0.1, 0.15) is 91.9 Å². The molecular weight excluding hydrogens is 256 g/mol. The van der Waals surface area contributed by atoms with Crippen LogP contribution in [0.3, 0.4) is 0 Å². The number of aliphatic hydroxyl groups is 1. The Morgan fingerprint density at radius 1 is 1.05 bits per heavy atom. The van der Waals surface area contributed by atoms with Crippen molar-refractivity contribution in [3.8, 4) is 0 Å². The standard InChI is InChI=1S/C20H36O/c1-5-6-15(2)7-17(21)11-20-10-16-8-18(3,13-20)12-19(4,9-16)14-20/h15-17,21H,5-14H2,1-4H3. The van der Waals surface area contributed by atoms with Crippen LogP contribution in [0.4, 0.5) is 0 Å². The molecule has 0 aromatic heterocycles. The molecule has 0 heterocycles. The van der Waals surface area contributed by atoms with Gasteiger partial charge in [-0.1, -0.05) is 40.5 Å². The number of hydrogen-bond donors (Lipinski definition) is 1. The van der Waals surface area contributed by atoms with Crippen LogP contribution in [0.2, 0.25) is 0 Å². The minimum Gasteiger partial charge on any atom is -0.393 e. The van der Waals surface area contributed by atoms with E-state index in [0.29, 0.717) is 22.2 Å². The van der Waals surface area contributed by atoms with Crippen molar-refractivity contribution in [1.29, 1.82) is 0 Å². The maximum atomic E-state index is 10.7. The molecule has 0 aromatic carbocycles. The normalized spacial score (nSPS) is 47.6. The van der Waals surface area contributed by atoms with Crippen molar-refractivity contribution in [2.45, 2.75) is 98.0 Å². The summed E-state index contributed by atoms with van der Waals surface area (Å²) in [5.74, 6) is 1.64. The summed E-state index contributed by atoms with van der Waals surface area (Å²) in [5, 5.41) is 10.7. The molecule has 21 heavy (non-hydrogen) atoms. The third kappa shape index (κ3) is 3.19. The average molecular weight is 293 g/mol. The van der Waals surface area contributed by atoms with Crippen molar-refractivity contribution in [2.75, 3.05) is 0 Å². The molecule has 4 bridgehead atoms. The molecule has 0 saturated heterocycles. The molecule has 122 valence electrons. The quantitative estimate of drug-likeness (QED) is 0.679. The largest absolute Gasteiger partial charge is 0.393 e. The Labute approximate surface area is 131 Å². The van der Waals surface area contributed by atoms with Gasteiger partial charge in [-0.15, -0.1) is 0 Å². The molecular formula is C20H36O. The van der Waals surface area contributed by atoms with Crippen molar-refractivity contribution >= 4 is 0 Å². The lowest BCUT2D eigenvalue weighted by atomic mass is 9.39. The molecule has 4 fully saturated rings. The van der Waals surface area contributed by atoms with Crippen LogP contribution in [-0.4, -0.2) is 11.2 Å². The van der Waals surface area contributed by atoms with Gasteiger partial charge in [-0.25, -0.2) is 0 Å². The monoisotopic (exact) mass is 292 g/mol. The number of rotatable bonds is 6. The molecule has 4 aliphatic carbocycles. The van der Waals surface area contributed by atoms with Crippen LogP contribution in [-0.2, 0) is 0 Å². The fourth-order valence-electron chi connectivity index (χ4n) is 7.57. The highest BCUT2D eigenvalue weighted by Gasteiger charge is 2.60. The smallest absolute Gasteiger partial charge is 0.0548 e. The first-order valence-corrected chi connectivity index (χ1v) is 9.44. The summed E-state index contributed by atoms with van der Waals surface area (Å²) < 4.78 is 0. The maximum absolute atomic E-state index is 10.7. The van der Waals surface area contributed by atoms with Gasteiger partial charge in [0.1, 0.15) is 0 Å². The lowest BCUT2D eigenvalue weighted by Crippen LogP contribution is -2.55. The van der Waals surface area contributed by atoms with Gasteiger partial charge in [0.25, 0.3) is 0 Å². The van der Waals surface area contributed by atoms with Gasteiger partial charge in [-0.05, 0) is 79.4 Å². The average Bonchev–Trinajstić information content (AvgIpc) is 2.21. The highest BCUT2D eigenvalue weighted by atomic mass is 16.3. The molecule has 1 nitrogen and oxygen atoms in total. The summed E-state index contributed by atoms with van der Waals surface area (Å²) in [4.78, 5) is 0. The van der Waals surface area contributed by atoms with Gasteiger partial charge in [0, 0.05) is 0 Å². The number of aliphatic hydroxyl groups excluding tert-OH is 1. The molecule has 0 spiro atoms. The highest BCUT2D eigenvalue weighted by Crippen LogP contribution is 2.70. The molecule has 4 unspecified atom stereocenters. The Bertz CT molecular complexity index is 369. The van der Waals surface area contributed by atoms with E-state index in [-0.39, 0.29) is 6.10 Å². The summed E-state index contributed by atoms with van der Waals surface area (Å²) in [5.41, 5.74) is 1.65. The van der Waals surface area contributed by atoms with Crippen molar-refractivity contribution in [2.24, 2.45) is 28.1 Å². The Hall–Kier alpha value is -0.0400. The zero-order valence-corrected chi connectivity index (χ0v) is 14.8. The lowest BCUT2D eigenvalue weighted by Gasteiger charge is -2.66. The third-order valence-electron chi connectivity index (χ3n) is 6.87. The Morgan fingerprint density at radius 3 is 2.19 bits per heavy atom. The molecule has 0 radical (unpaired) electrons. The first-order valence-electron chi connectivity index (χ1n) is 9.44. The van der Waals surface area contributed by atoms with Gasteiger partial charge in [-0.2, -0.15) is 0 Å². The predicted octanol–water partition coefficient (Wildman–Crippen LogP) is 5.56. The summed E-state index contributed by atoms with van der Waals surface area (Å²) >= 11 is 0. The molecule has 4 atom stereocenters. The number of hydrogen-bond acceptors (Lipinski definition) is 1. The first-order chi connectivity index (χ1) is 9.76. The van der Waals surface area contributed by atoms with Crippen LogP contribution >= 0.6 is 0 Å². The van der Waals surface area contributed by atoms with E-state index in [1.807, 2.05) is 0 Å². The van der Waals surface area contributed by atoms with Crippen molar-refractivity contribution in [1.82, 2.24) is 0 Å². The van der Waals surface area contributed by atoms with Gasteiger partial charge >= 0.3 is 0 Å². The van der Waals surface area contributed by atoms with Gasteiger partial charge in [0.15, 0.2) is 0 Å². The lowest BCUT2D eigenvalue weighted by molar-refractivity contribution is -0.157. The molecule has 0 aliphatic heterocycles. The summed E-state index contributed by atoms with van der Waals surface area (Å²) in [7, 11) is 0. The minimum absolute atomic E-state index is 0.0602. The molecule has 1 N–H and O–H groups in total. The van der Waals surface area contributed by atoms with Crippen molar-refractivity contribution < 1.29 is 5.11 Å². The van der Waals surface area contributed by atoms with Crippen LogP contribution in [0.15, 0.2) is 0 Å². The second-order valence-corrected chi connectivity index (χ2v) is 10.1. The molecule has 0 amide bonds. The Morgan fingerprint density at radius 2 is 1.67 bits per heavy atom. The zero-order valence-electron chi connectivity index (χ0n) is 14.8. The van der Waals surface area contributed by atoms with E-state index < -0.39 is 0 Å². The molecule has 4 aliphatic rings. The van der Waals surface area contributed by atoms with E-state index in [9.17, 15) is 5.11 Å². The SMILES string of the molecule is CCCC(C)CC(O)CC12CC3CC(C)(CC(C)(C3)C1)C2. The highest BCUT2D eigenvalue weighted by molar-refractivity contribution is 5.10. The molecule has 4 rings (SSSR count). The van der Waals surface area contributed by atoms with Crippen LogP contribution in [0.25, 0.3) is 0 Å². The second kappa shape index (κ2) is 5.25. The fraction of sp³-hybridized carbons (Fsp3) is 1.00. The topological polar surface area (TPSA) is 20.2 Å². The van der Waals surface area contributed by atoms with Crippen LogP contribution in [0, 0.1) is 28.1 Å². The van der Waals surface area contributed by atoms with E-state index in [4.69, 9.17) is 0 Å². The van der Waals surface area contributed by atoms with Crippen molar-refractivity contribution in [3.63, 3.8) is 0 Å². The maximum Gasteiger partial charge on any atom is 0.0548 e. The summed E-state index contributed by atoms with van der Waals surface area (Å²) in [6, 6.07) is 0. The Kier molecular flexibility index (Phi) is 3.96. The van der Waals surface area contributed by atoms with Gasteiger partial charge < -0.3 is 5.11 Å². The fourth-order valence-corrected chi connectivity index (χ4v) is 7.57. The van der Waals surface area contributed by atoms with E-state index in [1.165, 1.54) is 51.4 Å². The van der Waals surface area contributed by atoms with Crippen molar-refractivity contribution in [3.05, 3.63) is 0 Å². The zero-order chi connectivity index (χ0) is 15.3. The summed E-state index contributed by atoms with van der Waals surface area (Å²) in [6.45, 7) is 9.64. The van der Waals surface area contributed by atoms with E-state index in [1.54, 1.807) is 0 Å². The van der Waals surface area contributed by atoms with E-state index in [0.717, 1.165) is 18.8 Å². The predicted molar refractivity (Wildman–Crippen MR) is 89.2 cm³/mol. The van der Waals surface area contributed by atoms with E-state index >= 15 is 0 Å². The van der Waals surface area contributed by atoms with Crippen LogP contribution < -0.4 is 0 Å². The third-order valence-corrected chi connectivity index (χ3v) is 6.87. The molecule has 1 heteroatoms. The van der Waals surface area contributed by atoms with Gasteiger partial charge in [0.2, 0.25) is 0 Å². The minimum atomic E-state index is -0.0602. The van der Waals surface area contributed by atoms with Crippen LogP contribution in [0.5, 0.6) is 0 Å². The van der Waals surface area contributed by atoms with Gasteiger partial charge in [-0.3, -0.25) is 0 Å². The Balaban J connectivity index is 1.67. The van der Waals surface area contributed by atoms with Gasteiger partial charge in [0.05, 0.1) is 6.10 Å². The molecule has 4 saturated carbocycles. The van der Waals surface area contributed by atoms with E-state index in [2.05, 4.69) is 27.7 Å². The molecule has 0 aromatic rings.